The maximum absolute atomic E-state index is 4.62. The van der Waals surface area contributed by atoms with Crippen LogP contribution >= 0.6 is 0 Å². The van der Waals surface area contributed by atoms with Crippen LogP contribution in [0.5, 0.6) is 0 Å². The monoisotopic (exact) mass is 334 g/mol. The van der Waals surface area contributed by atoms with Crippen LogP contribution in [0.4, 0.5) is 0 Å². The van der Waals surface area contributed by atoms with Gasteiger partial charge in [-0.05, 0) is 63.3 Å². The Morgan fingerprint density at radius 1 is 0.960 bits per heavy atom. The van der Waals surface area contributed by atoms with Gasteiger partial charge in [-0.25, -0.2) is 0 Å². The molecule has 0 fully saturated rings. The van der Waals surface area contributed by atoms with Crippen molar-refractivity contribution in [2.75, 3.05) is 0 Å². The topological polar surface area (TPSA) is 43.6 Å². The molecule has 4 heteroatoms. The number of aryl methyl sites for hydroxylation is 4. The van der Waals surface area contributed by atoms with E-state index in [-0.39, 0.29) is 0 Å². The summed E-state index contributed by atoms with van der Waals surface area (Å²) in [4.78, 5) is 4.62. The van der Waals surface area contributed by atoms with Crippen LogP contribution in [0.1, 0.15) is 42.1 Å². The molecule has 0 saturated heterocycles. The molecule has 0 radical (unpaired) electrons. The number of rotatable bonds is 4. The maximum Gasteiger partial charge on any atom is 0.170 e. The second-order valence-corrected chi connectivity index (χ2v) is 7.29. The minimum absolute atomic E-state index is 0.599. The Morgan fingerprint density at radius 3 is 2.20 bits per heavy atom. The van der Waals surface area contributed by atoms with Crippen molar-refractivity contribution in [1.82, 2.24) is 19.7 Å². The van der Waals surface area contributed by atoms with Gasteiger partial charge in [0.15, 0.2) is 5.82 Å². The molecule has 130 valence electrons. The molecule has 0 amide bonds. The summed E-state index contributed by atoms with van der Waals surface area (Å²) in [5.41, 5.74) is 6.99. The van der Waals surface area contributed by atoms with Gasteiger partial charge in [0.05, 0.1) is 5.69 Å². The quantitative estimate of drug-likeness (QED) is 0.691. The van der Waals surface area contributed by atoms with Crippen LogP contribution in [-0.4, -0.2) is 19.7 Å². The number of aromatic nitrogens is 4. The summed E-state index contributed by atoms with van der Waals surface area (Å²) in [6.07, 6.45) is 2.90. The van der Waals surface area contributed by atoms with Gasteiger partial charge in [0, 0.05) is 17.5 Å². The predicted octanol–water partition coefficient (Wildman–Crippen LogP) is 4.76. The van der Waals surface area contributed by atoms with Gasteiger partial charge in [-0.3, -0.25) is 9.55 Å². The molecule has 4 nitrogen and oxygen atoms in total. The third-order valence-electron chi connectivity index (χ3n) is 4.38. The summed E-state index contributed by atoms with van der Waals surface area (Å²) in [6.45, 7) is 12.8. The third-order valence-corrected chi connectivity index (χ3v) is 4.38. The number of pyridine rings is 1. The van der Waals surface area contributed by atoms with Gasteiger partial charge < -0.3 is 0 Å². The smallest absolute Gasteiger partial charge is 0.170 e. The first-order valence-electron chi connectivity index (χ1n) is 8.82. The summed E-state index contributed by atoms with van der Waals surface area (Å²) in [5, 5.41) is 8.76. The molecule has 0 bridgehead atoms. The van der Waals surface area contributed by atoms with E-state index in [1.54, 1.807) is 0 Å². The molecule has 0 spiro atoms. The van der Waals surface area contributed by atoms with Crippen molar-refractivity contribution in [3.05, 3.63) is 58.7 Å². The fraction of sp³-hybridized carbons (Fsp3) is 0.381. The zero-order valence-electron chi connectivity index (χ0n) is 16.0. The molecule has 2 aromatic heterocycles. The zero-order chi connectivity index (χ0) is 18.1. The summed E-state index contributed by atoms with van der Waals surface area (Å²) >= 11 is 0. The van der Waals surface area contributed by atoms with Gasteiger partial charge >= 0.3 is 0 Å². The number of benzene rings is 1. The van der Waals surface area contributed by atoms with Crippen molar-refractivity contribution in [3.8, 4) is 17.1 Å². The average Bonchev–Trinajstić information content (AvgIpc) is 2.88. The fourth-order valence-corrected chi connectivity index (χ4v) is 3.44. The van der Waals surface area contributed by atoms with Crippen LogP contribution < -0.4 is 0 Å². The van der Waals surface area contributed by atoms with Crippen LogP contribution in [0.3, 0.4) is 0 Å². The molecule has 0 saturated carbocycles. The van der Waals surface area contributed by atoms with Crippen LogP contribution in [-0.2, 0) is 6.42 Å². The van der Waals surface area contributed by atoms with Gasteiger partial charge in [0.1, 0.15) is 5.82 Å². The number of hydrogen-bond acceptors (Lipinski definition) is 3. The molecule has 2 heterocycles. The highest BCUT2D eigenvalue weighted by Gasteiger charge is 2.17. The lowest BCUT2D eigenvalue weighted by molar-refractivity contribution is 0.635. The maximum atomic E-state index is 4.62. The number of nitrogens with zero attached hydrogens (tertiary/aromatic N) is 4. The minimum atomic E-state index is 0.599. The Kier molecular flexibility index (Phi) is 4.71. The van der Waals surface area contributed by atoms with E-state index in [2.05, 4.69) is 78.6 Å². The first kappa shape index (κ1) is 17.3. The molecule has 0 aliphatic heterocycles. The molecule has 0 aliphatic rings. The van der Waals surface area contributed by atoms with E-state index < -0.39 is 0 Å². The minimum Gasteiger partial charge on any atom is -0.279 e. The lowest BCUT2D eigenvalue weighted by atomic mass is 10.0. The molecule has 0 unspecified atom stereocenters. The van der Waals surface area contributed by atoms with Crippen LogP contribution in [0.25, 0.3) is 17.1 Å². The summed E-state index contributed by atoms with van der Waals surface area (Å²) in [6, 6.07) is 8.60. The van der Waals surface area contributed by atoms with Gasteiger partial charge in [-0.2, -0.15) is 0 Å². The SMILES string of the molecule is Cc1cc(C)c(-n2c(C)nnc2-c2ccc(CC(C)C)nc2)c(C)c1. The molecule has 3 aromatic rings. The van der Waals surface area contributed by atoms with Crippen molar-refractivity contribution in [1.29, 1.82) is 0 Å². The van der Waals surface area contributed by atoms with Crippen molar-refractivity contribution in [3.63, 3.8) is 0 Å². The molecule has 0 atom stereocenters. The molecule has 25 heavy (non-hydrogen) atoms. The van der Waals surface area contributed by atoms with E-state index in [9.17, 15) is 0 Å². The highest BCUT2D eigenvalue weighted by atomic mass is 15.3. The van der Waals surface area contributed by atoms with Crippen molar-refractivity contribution in [2.45, 2.75) is 48.0 Å². The van der Waals surface area contributed by atoms with E-state index in [1.165, 1.54) is 16.7 Å². The average molecular weight is 334 g/mol. The largest absolute Gasteiger partial charge is 0.279 e. The highest BCUT2D eigenvalue weighted by Crippen LogP contribution is 2.28. The van der Waals surface area contributed by atoms with Gasteiger partial charge in [0.2, 0.25) is 0 Å². The molecule has 1 aromatic carbocycles. The summed E-state index contributed by atoms with van der Waals surface area (Å²) in [5.74, 6) is 2.33. The Hall–Kier alpha value is -2.49. The van der Waals surface area contributed by atoms with E-state index in [0.717, 1.165) is 35.0 Å². The fourth-order valence-electron chi connectivity index (χ4n) is 3.44. The predicted molar refractivity (Wildman–Crippen MR) is 102 cm³/mol. The molecular formula is C21H26N4. The normalized spacial score (nSPS) is 11.3. The molecule has 0 aliphatic carbocycles. The molecule has 3 rings (SSSR count). The lowest BCUT2D eigenvalue weighted by Crippen LogP contribution is -2.05. The first-order chi connectivity index (χ1) is 11.9. The van der Waals surface area contributed by atoms with Crippen LogP contribution in [0.2, 0.25) is 0 Å². The Labute approximate surface area is 150 Å². The molecule has 0 N–H and O–H groups in total. The van der Waals surface area contributed by atoms with Gasteiger partial charge in [-0.1, -0.05) is 31.5 Å². The lowest BCUT2D eigenvalue weighted by Gasteiger charge is -2.16. The zero-order valence-corrected chi connectivity index (χ0v) is 16.0. The number of hydrogen-bond donors (Lipinski definition) is 0. The standard InChI is InChI=1S/C21H26N4/c1-13(2)9-19-8-7-18(12-22-19)21-24-23-17(6)25(21)20-15(4)10-14(3)11-16(20)5/h7-8,10-13H,9H2,1-6H3. The van der Waals surface area contributed by atoms with Gasteiger partial charge in [-0.15, -0.1) is 10.2 Å². The van der Waals surface area contributed by atoms with Crippen molar-refractivity contribution in [2.24, 2.45) is 5.92 Å². The van der Waals surface area contributed by atoms with E-state index in [4.69, 9.17) is 0 Å². The van der Waals surface area contributed by atoms with Crippen LogP contribution in [0.15, 0.2) is 30.5 Å². The first-order valence-corrected chi connectivity index (χ1v) is 8.82. The Balaban J connectivity index is 2.09. The second kappa shape index (κ2) is 6.79. The Morgan fingerprint density at radius 2 is 1.64 bits per heavy atom. The van der Waals surface area contributed by atoms with E-state index in [0.29, 0.717) is 5.92 Å². The van der Waals surface area contributed by atoms with Crippen LogP contribution in [0, 0.1) is 33.6 Å². The summed E-state index contributed by atoms with van der Waals surface area (Å²) < 4.78 is 2.14. The summed E-state index contributed by atoms with van der Waals surface area (Å²) in [7, 11) is 0. The molecular weight excluding hydrogens is 308 g/mol. The second-order valence-electron chi connectivity index (χ2n) is 7.29. The van der Waals surface area contributed by atoms with E-state index in [1.807, 2.05) is 13.1 Å². The van der Waals surface area contributed by atoms with E-state index >= 15 is 0 Å². The highest BCUT2D eigenvalue weighted by molar-refractivity contribution is 5.61. The Bertz CT molecular complexity index is 866. The van der Waals surface area contributed by atoms with Gasteiger partial charge in [0.25, 0.3) is 0 Å². The van der Waals surface area contributed by atoms with Crippen molar-refractivity contribution >= 4 is 0 Å². The van der Waals surface area contributed by atoms with Crippen molar-refractivity contribution < 1.29 is 0 Å². The third kappa shape index (κ3) is 3.48.